The fourth-order valence-corrected chi connectivity index (χ4v) is 2.46. The zero-order chi connectivity index (χ0) is 9.84. The first-order chi connectivity index (χ1) is 6.16. The molecule has 3 heteroatoms. The Bertz CT molecular complexity index is 257. The number of aromatic nitrogens is 1. The Hall–Kier alpha value is -0.410. The van der Waals surface area contributed by atoms with Crippen molar-refractivity contribution in [3.05, 3.63) is 16.1 Å². The maximum atomic E-state index is 6.14. The van der Waals surface area contributed by atoms with Crippen molar-refractivity contribution in [1.82, 2.24) is 4.98 Å². The predicted molar refractivity (Wildman–Crippen MR) is 57.9 cm³/mol. The molecule has 0 saturated heterocycles. The van der Waals surface area contributed by atoms with E-state index < -0.39 is 0 Å². The van der Waals surface area contributed by atoms with Gasteiger partial charge in [-0.1, -0.05) is 20.3 Å². The molecule has 1 heterocycles. The van der Waals surface area contributed by atoms with E-state index in [0.717, 1.165) is 5.69 Å². The minimum atomic E-state index is 0.174. The topological polar surface area (TPSA) is 38.9 Å². The van der Waals surface area contributed by atoms with Crippen LogP contribution >= 0.6 is 11.3 Å². The summed E-state index contributed by atoms with van der Waals surface area (Å²) in [5.74, 6) is 0.559. The molecule has 2 atom stereocenters. The largest absolute Gasteiger partial charge is 0.323 e. The minimum Gasteiger partial charge on any atom is -0.323 e. The molecule has 74 valence electrons. The first kappa shape index (κ1) is 10.7. The molecular formula is C10H18N2S. The molecule has 0 radical (unpaired) electrons. The highest BCUT2D eigenvalue weighted by Crippen LogP contribution is 2.27. The number of nitrogens with two attached hydrogens (primary N) is 1. The Morgan fingerprint density at radius 2 is 2.31 bits per heavy atom. The van der Waals surface area contributed by atoms with E-state index in [0.29, 0.717) is 5.92 Å². The van der Waals surface area contributed by atoms with Gasteiger partial charge >= 0.3 is 0 Å². The van der Waals surface area contributed by atoms with E-state index >= 15 is 0 Å². The van der Waals surface area contributed by atoms with Crippen LogP contribution in [0.2, 0.25) is 0 Å². The number of thiazole rings is 1. The average Bonchev–Trinajstić information content (AvgIpc) is 2.50. The molecule has 0 aliphatic heterocycles. The minimum absolute atomic E-state index is 0.174. The summed E-state index contributed by atoms with van der Waals surface area (Å²) in [7, 11) is 0. The molecule has 0 spiro atoms. The van der Waals surface area contributed by atoms with Gasteiger partial charge < -0.3 is 5.73 Å². The lowest BCUT2D eigenvalue weighted by Crippen LogP contribution is -2.18. The van der Waals surface area contributed by atoms with Crippen LogP contribution in [0.1, 0.15) is 43.3 Å². The van der Waals surface area contributed by atoms with Crippen LogP contribution in [0, 0.1) is 12.8 Å². The van der Waals surface area contributed by atoms with E-state index in [1.54, 1.807) is 11.3 Å². The van der Waals surface area contributed by atoms with Crippen molar-refractivity contribution >= 4 is 11.3 Å². The summed E-state index contributed by atoms with van der Waals surface area (Å²) in [4.78, 5) is 5.47. The maximum absolute atomic E-state index is 6.14. The summed E-state index contributed by atoms with van der Waals surface area (Å²) in [6, 6.07) is 0.174. The molecule has 2 nitrogen and oxygen atoms in total. The molecule has 0 aliphatic carbocycles. The van der Waals surface area contributed by atoms with Crippen molar-refractivity contribution in [3.8, 4) is 0 Å². The number of hydrogen-bond donors (Lipinski definition) is 1. The van der Waals surface area contributed by atoms with Crippen molar-refractivity contribution < 1.29 is 0 Å². The SMILES string of the molecule is CCCC(C)C(N)c1scnc1C. The van der Waals surface area contributed by atoms with Crippen LogP contribution in [-0.4, -0.2) is 4.98 Å². The molecule has 1 rings (SSSR count). The van der Waals surface area contributed by atoms with Crippen molar-refractivity contribution in [2.75, 3.05) is 0 Å². The van der Waals surface area contributed by atoms with Crippen LogP contribution < -0.4 is 5.73 Å². The van der Waals surface area contributed by atoms with E-state index in [9.17, 15) is 0 Å². The highest BCUT2D eigenvalue weighted by molar-refractivity contribution is 7.09. The zero-order valence-corrected chi connectivity index (χ0v) is 9.40. The van der Waals surface area contributed by atoms with Gasteiger partial charge in [-0.15, -0.1) is 11.3 Å². The van der Waals surface area contributed by atoms with Gasteiger partial charge in [0.15, 0.2) is 0 Å². The molecule has 0 aromatic carbocycles. The van der Waals surface area contributed by atoms with E-state index in [1.165, 1.54) is 17.7 Å². The fourth-order valence-electron chi connectivity index (χ4n) is 1.52. The normalized spacial score (nSPS) is 15.7. The molecule has 1 aromatic rings. The van der Waals surface area contributed by atoms with Gasteiger partial charge in [0.25, 0.3) is 0 Å². The van der Waals surface area contributed by atoms with E-state index in [-0.39, 0.29) is 6.04 Å². The first-order valence-electron chi connectivity index (χ1n) is 4.82. The highest BCUT2D eigenvalue weighted by Gasteiger charge is 2.17. The molecule has 0 saturated carbocycles. The summed E-state index contributed by atoms with van der Waals surface area (Å²) < 4.78 is 0. The molecule has 1 aromatic heterocycles. The molecular weight excluding hydrogens is 180 g/mol. The second kappa shape index (κ2) is 4.72. The zero-order valence-electron chi connectivity index (χ0n) is 8.58. The quantitative estimate of drug-likeness (QED) is 0.808. The fraction of sp³-hybridized carbons (Fsp3) is 0.700. The lowest BCUT2D eigenvalue weighted by Gasteiger charge is -2.18. The third-order valence-corrected chi connectivity index (χ3v) is 3.47. The smallest absolute Gasteiger partial charge is 0.0798 e. The van der Waals surface area contributed by atoms with Gasteiger partial charge in [0.1, 0.15) is 0 Å². The van der Waals surface area contributed by atoms with Gasteiger partial charge in [-0.2, -0.15) is 0 Å². The van der Waals surface area contributed by atoms with Crippen molar-refractivity contribution in [3.63, 3.8) is 0 Å². The highest BCUT2D eigenvalue weighted by atomic mass is 32.1. The second-order valence-corrected chi connectivity index (χ2v) is 4.48. The molecule has 2 N–H and O–H groups in total. The standard InChI is InChI=1S/C10H18N2S/c1-4-5-7(2)9(11)10-8(3)12-6-13-10/h6-7,9H,4-5,11H2,1-3H3. The molecule has 0 aliphatic rings. The third-order valence-electron chi connectivity index (χ3n) is 2.44. The first-order valence-corrected chi connectivity index (χ1v) is 5.70. The van der Waals surface area contributed by atoms with Gasteiger partial charge in [0.2, 0.25) is 0 Å². The summed E-state index contributed by atoms with van der Waals surface area (Å²) in [5.41, 5.74) is 9.12. The molecule has 0 amide bonds. The van der Waals surface area contributed by atoms with Gasteiger partial charge in [0, 0.05) is 10.9 Å². The number of rotatable bonds is 4. The summed E-state index contributed by atoms with van der Waals surface area (Å²) in [6.45, 7) is 6.44. The lowest BCUT2D eigenvalue weighted by molar-refractivity contribution is 0.437. The molecule has 0 bridgehead atoms. The van der Waals surface area contributed by atoms with E-state index in [2.05, 4.69) is 18.8 Å². The van der Waals surface area contributed by atoms with Crippen LogP contribution in [0.4, 0.5) is 0 Å². The van der Waals surface area contributed by atoms with Crippen LogP contribution in [0.15, 0.2) is 5.51 Å². The van der Waals surface area contributed by atoms with Crippen molar-refractivity contribution in [2.45, 2.75) is 39.7 Å². The van der Waals surface area contributed by atoms with E-state index in [4.69, 9.17) is 5.73 Å². The lowest BCUT2D eigenvalue weighted by atomic mass is 9.96. The Labute approximate surface area is 84.2 Å². The van der Waals surface area contributed by atoms with Crippen LogP contribution in [0.5, 0.6) is 0 Å². The predicted octanol–water partition coefficient (Wildman–Crippen LogP) is 2.89. The summed E-state index contributed by atoms with van der Waals surface area (Å²) in [6.07, 6.45) is 2.39. The van der Waals surface area contributed by atoms with Gasteiger partial charge in [-0.05, 0) is 19.3 Å². The number of aryl methyl sites for hydroxylation is 1. The van der Waals surface area contributed by atoms with Gasteiger partial charge in [-0.25, -0.2) is 4.98 Å². The monoisotopic (exact) mass is 198 g/mol. The van der Waals surface area contributed by atoms with E-state index in [1.807, 2.05) is 12.4 Å². The molecule has 13 heavy (non-hydrogen) atoms. The Kier molecular flexibility index (Phi) is 3.88. The van der Waals surface area contributed by atoms with Crippen LogP contribution in [-0.2, 0) is 0 Å². The second-order valence-electron chi connectivity index (χ2n) is 3.59. The maximum Gasteiger partial charge on any atom is 0.0798 e. The average molecular weight is 198 g/mol. The van der Waals surface area contributed by atoms with Crippen molar-refractivity contribution in [1.29, 1.82) is 0 Å². The number of nitrogens with zero attached hydrogens (tertiary/aromatic N) is 1. The molecule has 0 fully saturated rings. The Balaban J connectivity index is 2.67. The third kappa shape index (κ3) is 2.51. The van der Waals surface area contributed by atoms with Crippen LogP contribution in [0.3, 0.4) is 0 Å². The number of hydrogen-bond acceptors (Lipinski definition) is 3. The van der Waals surface area contributed by atoms with Gasteiger partial charge in [0.05, 0.1) is 11.2 Å². The summed E-state index contributed by atoms with van der Waals surface area (Å²) in [5, 5.41) is 0. The Morgan fingerprint density at radius 1 is 1.62 bits per heavy atom. The summed E-state index contributed by atoms with van der Waals surface area (Å²) >= 11 is 1.68. The van der Waals surface area contributed by atoms with Crippen molar-refractivity contribution in [2.24, 2.45) is 11.7 Å². The molecule has 2 unspecified atom stereocenters. The van der Waals surface area contributed by atoms with Gasteiger partial charge in [-0.3, -0.25) is 0 Å². The van der Waals surface area contributed by atoms with Crippen LogP contribution in [0.25, 0.3) is 0 Å². The Morgan fingerprint density at radius 3 is 2.77 bits per heavy atom.